The van der Waals surface area contributed by atoms with Crippen LogP contribution in [0.2, 0.25) is 0 Å². The van der Waals surface area contributed by atoms with E-state index in [9.17, 15) is 0 Å². The molecular weight excluding hydrogens is 298 g/mol. The van der Waals surface area contributed by atoms with Crippen LogP contribution < -0.4 is 5.32 Å². The van der Waals surface area contributed by atoms with Gasteiger partial charge in [-0.05, 0) is 58.8 Å². The van der Waals surface area contributed by atoms with E-state index >= 15 is 0 Å². The van der Waals surface area contributed by atoms with Crippen molar-refractivity contribution in [3.63, 3.8) is 0 Å². The van der Waals surface area contributed by atoms with Crippen LogP contribution in [-0.2, 0) is 12.8 Å². The normalized spacial score (nSPS) is 17.6. The van der Waals surface area contributed by atoms with Gasteiger partial charge in [-0.2, -0.15) is 0 Å². The summed E-state index contributed by atoms with van der Waals surface area (Å²) < 4.78 is 1.19. The third kappa shape index (κ3) is 3.01. The number of aryl methyl sites for hydroxylation is 2. The van der Waals surface area contributed by atoms with Gasteiger partial charge < -0.3 is 5.32 Å². The molecule has 0 bridgehead atoms. The van der Waals surface area contributed by atoms with Crippen LogP contribution in [0.1, 0.15) is 24.0 Å². The highest BCUT2D eigenvalue weighted by Gasteiger charge is 2.18. The van der Waals surface area contributed by atoms with Crippen molar-refractivity contribution in [3.8, 4) is 0 Å². The number of anilines is 1. The van der Waals surface area contributed by atoms with E-state index in [4.69, 9.17) is 0 Å². The molecule has 1 heterocycles. The lowest BCUT2D eigenvalue weighted by molar-refractivity contribution is 0.586. The predicted molar refractivity (Wildman–Crippen MR) is 84.6 cm³/mol. The van der Waals surface area contributed by atoms with Gasteiger partial charge in [0.05, 0.1) is 5.69 Å². The van der Waals surface area contributed by atoms with E-state index in [0.717, 1.165) is 6.42 Å². The van der Waals surface area contributed by atoms with Crippen LogP contribution in [0, 0.1) is 0 Å². The molecule has 0 amide bonds. The first-order valence-electron chi connectivity index (χ1n) is 6.91. The summed E-state index contributed by atoms with van der Waals surface area (Å²) >= 11 is 3.64. The first kappa shape index (κ1) is 12.7. The fraction of sp³-hybridized carbons (Fsp3) is 0.294. The average Bonchev–Trinajstić information content (AvgIpc) is 2.47. The maximum atomic E-state index is 3.69. The van der Waals surface area contributed by atoms with E-state index in [2.05, 4.69) is 69.8 Å². The fourth-order valence-electron chi connectivity index (χ4n) is 2.75. The Labute approximate surface area is 123 Å². The minimum Gasteiger partial charge on any atom is -0.381 e. The van der Waals surface area contributed by atoms with Crippen LogP contribution in [0.5, 0.6) is 0 Å². The van der Waals surface area contributed by atoms with Crippen LogP contribution in [0.15, 0.2) is 53.0 Å². The van der Waals surface area contributed by atoms with Gasteiger partial charge in [0.2, 0.25) is 0 Å². The number of benzene rings is 2. The highest BCUT2D eigenvalue weighted by molar-refractivity contribution is 9.10. The van der Waals surface area contributed by atoms with Gasteiger partial charge in [-0.25, -0.2) is 0 Å². The highest BCUT2D eigenvalue weighted by atomic mass is 79.9. The molecule has 98 valence electrons. The highest BCUT2D eigenvalue weighted by Crippen LogP contribution is 2.32. The van der Waals surface area contributed by atoms with Crippen LogP contribution in [0.25, 0.3) is 0 Å². The first-order chi connectivity index (χ1) is 9.33. The van der Waals surface area contributed by atoms with Crippen LogP contribution in [0.3, 0.4) is 0 Å². The molecule has 3 rings (SSSR count). The summed E-state index contributed by atoms with van der Waals surface area (Å²) in [5, 5.41) is 3.69. The number of halogens is 1. The summed E-state index contributed by atoms with van der Waals surface area (Å²) in [5.41, 5.74) is 4.17. The van der Waals surface area contributed by atoms with E-state index in [1.54, 1.807) is 0 Å². The number of hydrogen-bond acceptors (Lipinski definition) is 1. The lowest BCUT2D eigenvalue weighted by Gasteiger charge is -2.28. The van der Waals surface area contributed by atoms with Gasteiger partial charge in [-0.15, -0.1) is 0 Å². The molecule has 0 saturated heterocycles. The van der Waals surface area contributed by atoms with Crippen molar-refractivity contribution in [3.05, 3.63) is 64.1 Å². The second kappa shape index (κ2) is 5.79. The largest absolute Gasteiger partial charge is 0.381 e. The summed E-state index contributed by atoms with van der Waals surface area (Å²) in [4.78, 5) is 0. The Morgan fingerprint density at radius 3 is 2.74 bits per heavy atom. The molecule has 0 radical (unpaired) electrons. The molecular formula is C17H18BrN. The Bertz CT molecular complexity index is 550. The zero-order valence-corrected chi connectivity index (χ0v) is 12.5. The fourth-order valence-corrected chi connectivity index (χ4v) is 3.27. The summed E-state index contributed by atoms with van der Waals surface area (Å²) in [6.45, 7) is 0. The van der Waals surface area contributed by atoms with E-state index in [1.165, 1.54) is 40.5 Å². The topological polar surface area (TPSA) is 12.0 Å². The average molecular weight is 316 g/mol. The van der Waals surface area contributed by atoms with Crippen molar-refractivity contribution >= 4 is 21.6 Å². The molecule has 1 aliphatic rings. The van der Waals surface area contributed by atoms with Gasteiger partial charge in [0.1, 0.15) is 0 Å². The minimum atomic E-state index is 0.589. The molecule has 0 spiro atoms. The van der Waals surface area contributed by atoms with Gasteiger partial charge in [0.25, 0.3) is 0 Å². The second-order valence-electron chi connectivity index (χ2n) is 5.18. The smallest absolute Gasteiger partial charge is 0.0519 e. The molecule has 1 nitrogen and oxygen atoms in total. The molecule has 0 saturated carbocycles. The molecule has 19 heavy (non-hydrogen) atoms. The molecule has 1 aliphatic heterocycles. The predicted octanol–water partition coefficient (Wildman–Crippen LogP) is 4.81. The Morgan fingerprint density at radius 1 is 1.05 bits per heavy atom. The summed E-state index contributed by atoms with van der Waals surface area (Å²) in [7, 11) is 0. The Balaban J connectivity index is 1.64. The standard InChI is InChI=1S/C17H18BrN/c18-16-8-4-7-14-10-12-15(19-17(14)16)11-9-13-5-2-1-3-6-13/h1-8,15,19H,9-12H2. The van der Waals surface area contributed by atoms with Gasteiger partial charge >= 0.3 is 0 Å². The van der Waals surface area contributed by atoms with Crippen LogP contribution in [0.4, 0.5) is 5.69 Å². The van der Waals surface area contributed by atoms with Crippen molar-refractivity contribution in [1.29, 1.82) is 0 Å². The minimum absolute atomic E-state index is 0.589. The summed E-state index contributed by atoms with van der Waals surface area (Å²) in [6, 6.07) is 17.8. The second-order valence-corrected chi connectivity index (χ2v) is 6.03. The van der Waals surface area contributed by atoms with Crippen molar-refractivity contribution in [1.82, 2.24) is 0 Å². The van der Waals surface area contributed by atoms with Gasteiger partial charge in [0, 0.05) is 10.5 Å². The van der Waals surface area contributed by atoms with E-state index in [1.807, 2.05) is 0 Å². The Hall–Kier alpha value is -1.28. The summed E-state index contributed by atoms with van der Waals surface area (Å²) in [6.07, 6.45) is 4.76. The molecule has 0 aliphatic carbocycles. The maximum absolute atomic E-state index is 3.69. The van der Waals surface area contributed by atoms with E-state index in [-0.39, 0.29) is 0 Å². The quantitative estimate of drug-likeness (QED) is 0.857. The van der Waals surface area contributed by atoms with Crippen molar-refractivity contribution < 1.29 is 0 Å². The molecule has 1 unspecified atom stereocenters. The third-order valence-corrected chi connectivity index (χ3v) is 4.50. The zero-order chi connectivity index (χ0) is 13.1. The van der Waals surface area contributed by atoms with Crippen molar-refractivity contribution in [2.24, 2.45) is 0 Å². The lowest BCUT2D eigenvalue weighted by atomic mass is 9.94. The molecule has 0 fully saturated rings. The number of hydrogen-bond donors (Lipinski definition) is 1. The zero-order valence-electron chi connectivity index (χ0n) is 10.9. The summed E-state index contributed by atoms with van der Waals surface area (Å²) in [5.74, 6) is 0. The lowest BCUT2D eigenvalue weighted by Crippen LogP contribution is -2.26. The number of nitrogens with one attached hydrogen (secondary N) is 1. The van der Waals surface area contributed by atoms with Crippen molar-refractivity contribution in [2.75, 3.05) is 5.32 Å². The molecule has 2 aromatic rings. The third-order valence-electron chi connectivity index (χ3n) is 3.83. The van der Waals surface area contributed by atoms with Gasteiger partial charge in [-0.3, -0.25) is 0 Å². The van der Waals surface area contributed by atoms with Crippen LogP contribution >= 0.6 is 15.9 Å². The Morgan fingerprint density at radius 2 is 1.89 bits per heavy atom. The maximum Gasteiger partial charge on any atom is 0.0519 e. The van der Waals surface area contributed by atoms with Gasteiger partial charge in [0.15, 0.2) is 0 Å². The molecule has 1 atom stereocenters. The molecule has 2 heteroatoms. The molecule has 0 aromatic heterocycles. The van der Waals surface area contributed by atoms with Crippen LogP contribution in [-0.4, -0.2) is 6.04 Å². The van der Waals surface area contributed by atoms with E-state index < -0.39 is 0 Å². The SMILES string of the molecule is Brc1cccc2c1NC(CCc1ccccc1)CC2. The number of fused-ring (bicyclic) bond motifs is 1. The number of rotatable bonds is 3. The Kier molecular flexibility index (Phi) is 3.88. The van der Waals surface area contributed by atoms with Crippen molar-refractivity contribution in [2.45, 2.75) is 31.7 Å². The number of para-hydroxylation sites is 1. The monoisotopic (exact) mass is 315 g/mol. The van der Waals surface area contributed by atoms with Gasteiger partial charge in [-0.1, -0.05) is 42.5 Å². The molecule has 1 N–H and O–H groups in total. The first-order valence-corrected chi connectivity index (χ1v) is 7.70. The van der Waals surface area contributed by atoms with E-state index in [0.29, 0.717) is 6.04 Å². The molecule has 2 aromatic carbocycles.